The Bertz CT molecular complexity index is 927. The molecule has 1 N–H and O–H groups in total. The lowest BCUT2D eigenvalue weighted by atomic mass is 10.2. The van der Waals surface area contributed by atoms with Crippen molar-refractivity contribution in [3.8, 4) is 0 Å². The summed E-state index contributed by atoms with van der Waals surface area (Å²) in [4.78, 5) is 23.7. The van der Waals surface area contributed by atoms with E-state index in [1.165, 1.54) is 12.1 Å². The molecule has 1 atom stereocenters. The largest absolute Gasteiger partial charge is 0.449 e. The topological polar surface area (TPSA) is 67.3 Å². The highest BCUT2D eigenvalue weighted by Gasteiger charge is 2.25. The Morgan fingerprint density at radius 1 is 1.29 bits per heavy atom. The number of rotatable bonds is 4. The molecule has 3 aromatic rings. The number of halogens is 1. The number of fused-ring (bicyclic) bond motifs is 1. The van der Waals surface area contributed by atoms with E-state index in [0.29, 0.717) is 12.5 Å². The van der Waals surface area contributed by atoms with Crippen molar-refractivity contribution in [2.45, 2.75) is 40.2 Å². The summed E-state index contributed by atoms with van der Waals surface area (Å²) in [6.07, 6.45) is 0.575. The summed E-state index contributed by atoms with van der Waals surface area (Å²) in [5, 5.41) is 2.93. The molecule has 1 aliphatic heterocycles. The quantitative estimate of drug-likeness (QED) is 0.550. The van der Waals surface area contributed by atoms with E-state index in [0.717, 1.165) is 35.7 Å². The van der Waals surface area contributed by atoms with Crippen molar-refractivity contribution in [2.24, 2.45) is 5.92 Å². The van der Waals surface area contributed by atoms with Crippen LogP contribution >= 0.6 is 11.3 Å². The van der Waals surface area contributed by atoms with E-state index in [-0.39, 0.29) is 19.4 Å². The zero-order chi connectivity index (χ0) is 22.6. The van der Waals surface area contributed by atoms with Gasteiger partial charge in [-0.3, -0.25) is 0 Å². The fraction of sp³-hybridized carbons (Fsp3) is 0.435. The summed E-state index contributed by atoms with van der Waals surface area (Å²) in [5.41, 5.74) is 2.74. The standard InChI is InChI=1S/C15H20N4O2S.C6H5F.C2H6.H2/c1-10(2)8-21-15(20)17-11-5-6-19(7-11)13-4-3-12-14(18-13)22-9-16-12;7-6-4-2-1-3-5-6;1-2;/h3-4,9-11H,5-8H2,1-2H3,(H,17,20);1-5H;1-2H3;1H/t11-;;;/m0.../s1. The fourth-order valence-electron chi connectivity index (χ4n) is 2.87. The minimum Gasteiger partial charge on any atom is -0.449 e. The van der Waals surface area contributed by atoms with Crippen LogP contribution in [0.4, 0.5) is 15.0 Å². The van der Waals surface area contributed by atoms with E-state index in [2.05, 4.69) is 20.2 Å². The molecule has 1 amide bonds. The van der Waals surface area contributed by atoms with Crippen LogP contribution in [0.1, 0.15) is 35.5 Å². The molecule has 8 heteroatoms. The first-order valence-electron chi connectivity index (χ1n) is 10.6. The molecule has 0 radical (unpaired) electrons. The van der Waals surface area contributed by atoms with Crippen molar-refractivity contribution in [1.82, 2.24) is 15.3 Å². The molecular weight excluding hydrogens is 415 g/mol. The number of nitrogens with one attached hydrogen (secondary N) is 1. The summed E-state index contributed by atoms with van der Waals surface area (Å²) in [6.45, 7) is 10.1. The molecule has 31 heavy (non-hydrogen) atoms. The molecule has 0 spiro atoms. The van der Waals surface area contributed by atoms with Gasteiger partial charge >= 0.3 is 6.09 Å². The molecule has 6 nitrogen and oxygen atoms in total. The molecule has 1 saturated heterocycles. The van der Waals surface area contributed by atoms with Crippen LogP contribution in [0.5, 0.6) is 0 Å². The Morgan fingerprint density at radius 2 is 2.03 bits per heavy atom. The van der Waals surface area contributed by atoms with Gasteiger partial charge in [-0.15, -0.1) is 11.3 Å². The van der Waals surface area contributed by atoms with Gasteiger partial charge in [0.1, 0.15) is 22.0 Å². The Labute approximate surface area is 189 Å². The molecule has 0 saturated carbocycles. The predicted octanol–water partition coefficient (Wildman–Crippen LogP) is 5.75. The minimum atomic E-state index is -0.327. The number of amides is 1. The first-order valence-corrected chi connectivity index (χ1v) is 11.5. The van der Waals surface area contributed by atoms with E-state index in [4.69, 9.17) is 4.74 Å². The number of alkyl carbamates (subject to hydrolysis) is 1. The van der Waals surface area contributed by atoms with Gasteiger partial charge in [-0.1, -0.05) is 45.9 Å². The van der Waals surface area contributed by atoms with E-state index < -0.39 is 0 Å². The van der Waals surface area contributed by atoms with Gasteiger partial charge < -0.3 is 15.0 Å². The summed E-state index contributed by atoms with van der Waals surface area (Å²) < 4.78 is 17.1. The average molecular weight is 449 g/mol. The Hall–Kier alpha value is -2.74. The number of pyridine rings is 1. The lowest BCUT2D eigenvalue weighted by Crippen LogP contribution is -2.38. The lowest BCUT2D eigenvalue weighted by Gasteiger charge is -2.18. The molecule has 3 heterocycles. The van der Waals surface area contributed by atoms with Gasteiger partial charge in [0, 0.05) is 14.5 Å². The van der Waals surface area contributed by atoms with E-state index >= 15 is 0 Å². The average Bonchev–Trinajstić information content (AvgIpc) is 3.43. The number of hydrogen-bond donors (Lipinski definition) is 1. The maximum Gasteiger partial charge on any atom is 0.407 e. The molecule has 4 rings (SSSR count). The molecule has 2 aromatic heterocycles. The van der Waals surface area contributed by atoms with E-state index in [1.807, 2.05) is 39.8 Å². The summed E-state index contributed by atoms with van der Waals surface area (Å²) in [5.74, 6) is 1.11. The number of carbonyl (C=O) groups excluding carboxylic acids is 1. The van der Waals surface area contributed by atoms with Crippen molar-refractivity contribution in [3.63, 3.8) is 0 Å². The molecule has 1 aliphatic rings. The molecule has 1 aromatic carbocycles. The summed E-state index contributed by atoms with van der Waals surface area (Å²) >= 11 is 1.54. The van der Waals surface area contributed by atoms with E-state index in [1.54, 1.807) is 35.0 Å². The van der Waals surface area contributed by atoms with Gasteiger partial charge in [0.25, 0.3) is 0 Å². The van der Waals surface area contributed by atoms with Gasteiger partial charge in [-0.05, 0) is 36.6 Å². The van der Waals surface area contributed by atoms with Crippen molar-refractivity contribution < 1.29 is 15.3 Å². The second kappa shape index (κ2) is 12.8. The number of thiazole rings is 1. The second-order valence-corrected chi connectivity index (χ2v) is 8.04. The predicted molar refractivity (Wildman–Crippen MR) is 127 cm³/mol. The summed E-state index contributed by atoms with van der Waals surface area (Å²) in [7, 11) is 0. The van der Waals surface area contributed by atoms with Crippen molar-refractivity contribution in [1.29, 1.82) is 0 Å². The lowest BCUT2D eigenvalue weighted by molar-refractivity contribution is 0.130. The third-order valence-electron chi connectivity index (χ3n) is 4.30. The van der Waals surface area contributed by atoms with Crippen LogP contribution in [0, 0.1) is 11.7 Å². The van der Waals surface area contributed by atoms with Gasteiger partial charge in [-0.25, -0.2) is 19.2 Å². The van der Waals surface area contributed by atoms with Crippen molar-refractivity contribution in [2.75, 3.05) is 24.6 Å². The molecular formula is C23H33FN4O2S. The van der Waals surface area contributed by atoms with Gasteiger partial charge in [0.2, 0.25) is 0 Å². The smallest absolute Gasteiger partial charge is 0.407 e. The normalized spacial score (nSPS) is 15.0. The van der Waals surface area contributed by atoms with Gasteiger partial charge in [0.15, 0.2) is 0 Å². The fourth-order valence-corrected chi connectivity index (χ4v) is 3.52. The number of anilines is 1. The van der Waals surface area contributed by atoms with Crippen LogP contribution in [-0.4, -0.2) is 41.8 Å². The third kappa shape index (κ3) is 8.13. The zero-order valence-corrected chi connectivity index (χ0v) is 19.4. The van der Waals surface area contributed by atoms with E-state index in [9.17, 15) is 9.18 Å². The minimum absolute atomic E-state index is 0. The molecule has 170 valence electrons. The Kier molecular flexibility index (Phi) is 10.2. The second-order valence-electron chi connectivity index (χ2n) is 7.21. The summed E-state index contributed by atoms with van der Waals surface area (Å²) in [6, 6.07) is 12.0. The van der Waals surface area contributed by atoms with Crippen LogP contribution in [-0.2, 0) is 4.74 Å². The monoisotopic (exact) mass is 448 g/mol. The first kappa shape index (κ1) is 24.5. The number of aromatic nitrogens is 2. The van der Waals surface area contributed by atoms with Crippen LogP contribution < -0.4 is 10.2 Å². The van der Waals surface area contributed by atoms with Crippen LogP contribution in [0.3, 0.4) is 0 Å². The zero-order valence-electron chi connectivity index (χ0n) is 18.5. The van der Waals surface area contributed by atoms with Gasteiger partial charge in [-0.2, -0.15) is 0 Å². The van der Waals surface area contributed by atoms with Crippen LogP contribution in [0.15, 0.2) is 48.0 Å². The molecule has 0 aliphatic carbocycles. The highest BCUT2D eigenvalue weighted by molar-refractivity contribution is 7.16. The van der Waals surface area contributed by atoms with Gasteiger partial charge in [0.05, 0.1) is 18.2 Å². The number of benzene rings is 1. The van der Waals surface area contributed by atoms with Crippen LogP contribution in [0.25, 0.3) is 10.3 Å². The highest BCUT2D eigenvalue weighted by Crippen LogP contribution is 2.23. The first-order chi connectivity index (χ1) is 15.0. The number of carbonyl (C=O) groups is 1. The number of ether oxygens (including phenoxy) is 1. The van der Waals surface area contributed by atoms with Crippen LogP contribution in [0.2, 0.25) is 0 Å². The number of hydrogen-bond acceptors (Lipinski definition) is 6. The van der Waals surface area contributed by atoms with Crippen molar-refractivity contribution >= 4 is 33.6 Å². The molecule has 0 bridgehead atoms. The third-order valence-corrected chi connectivity index (χ3v) is 5.03. The molecule has 0 unspecified atom stereocenters. The maximum atomic E-state index is 11.9. The maximum absolute atomic E-state index is 11.9. The highest BCUT2D eigenvalue weighted by atomic mass is 32.1. The number of nitrogens with zero attached hydrogens (tertiary/aromatic N) is 3. The Balaban J connectivity index is 0.000000434. The van der Waals surface area contributed by atoms with Crippen molar-refractivity contribution in [3.05, 3.63) is 53.8 Å². The molecule has 1 fully saturated rings. The Morgan fingerprint density at radius 3 is 2.68 bits per heavy atom. The SMILES string of the molecule is CC.CC(C)COC(=O)N[C@H]1CCN(c2ccc3ncsc3n2)C1.Fc1ccccc1.[HH].